The molecule has 0 aliphatic carbocycles. The van der Waals surface area contributed by atoms with Crippen molar-refractivity contribution in [3.8, 4) is 0 Å². The Bertz CT molecular complexity index is 563. The summed E-state index contributed by atoms with van der Waals surface area (Å²) in [6.07, 6.45) is 0. The third kappa shape index (κ3) is 5.90. The summed E-state index contributed by atoms with van der Waals surface area (Å²) in [5, 5.41) is 4.41. The van der Waals surface area contributed by atoms with Crippen molar-refractivity contribution in [2.75, 3.05) is 6.61 Å². The highest BCUT2D eigenvalue weighted by atomic mass is 79.9. The zero-order valence-electron chi connectivity index (χ0n) is 11.4. The van der Waals surface area contributed by atoms with E-state index in [1.54, 1.807) is 13.8 Å². The zero-order valence-corrected chi connectivity index (χ0v) is 13.0. The Labute approximate surface area is 129 Å². The number of halogens is 2. The van der Waals surface area contributed by atoms with Crippen LogP contribution in [0.15, 0.2) is 22.7 Å². The molecule has 0 saturated heterocycles. The molecule has 21 heavy (non-hydrogen) atoms. The van der Waals surface area contributed by atoms with Gasteiger partial charge in [-0.2, -0.15) is 0 Å². The number of urea groups is 1. The van der Waals surface area contributed by atoms with Crippen LogP contribution in [0.4, 0.5) is 9.18 Å². The third-order valence-corrected chi connectivity index (χ3v) is 2.65. The molecular weight excluding hydrogens is 347 g/mol. The Hall–Kier alpha value is -1.96. The minimum atomic E-state index is -0.987. The Balaban J connectivity index is 2.49. The Kier molecular flexibility index (Phi) is 6.29. The number of amides is 3. The van der Waals surface area contributed by atoms with Crippen LogP contribution in [0.3, 0.4) is 0 Å². The maximum Gasteiger partial charge on any atom is 0.341 e. The van der Waals surface area contributed by atoms with Crippen LogP contribution in [0.25, 0.3) is 0 Å². The molecule has 2 N–H and O–H groups in total. The number of imide groups is 1. The van der Waals surface area contributed by atoms with E-state index in [4.69, 9.17) is 0 Å². The average molecular weight is 361 g/mol. The fourth-order valence-electron chi connectivity index (χ4n) is 1.32. The van der Waals surface area contributed by atoms with Crippen LogP contribution >= 0.6 is 15.9 Å². The molecule has 0 atom stereocenters. The maximum atomic E-state index is 13.5. The smallest absolute Gasteiger partial charge is 0.341 e. The van der Waals surface area contributed by atoms with Crippen molar-refractivity contribution < 1.29 is 23.5 Å². The number of carbonyl (C=O) groups excluding carboxylic acids is 3. The number of esters is 1. The molecule has 1 aromatic rings. The van der Waals surface area contributed by atoms with Gasteiger partial charge in [0.05, 0.1) is 5.56 Å². The molecular formula is C13H14BrFN2O4. The van der Waals surface area contributed by atoms with Crippen molar-refractivity contribution in [3.05, 3.63) is 34.1 Å². The highest BCUT2D eigenvalue weighted by Gasteiger charge is 2.16. The topological polar surface area (TPSA) is 84.5 Å². The van der Waals surface area contributed by atoms with Crippen molar-refractivity contribution in [2.45, 2.75) is 19.9 Å². The van der Waals surface area contributed by atoms with Gasteiger partial charge in [-0.15, -0.1) is 0 Å². The van der Waals surface area contributed by atoms with Crippen LogP contribution in [0.2, 0.25) is 0 Å². The number of nitrogens with one attached hydrogen (secondary N) is 2. The van der Waals surface area contributed by atoms with Crippen LogP contribution in [0, 0.1) is 5.82 Å². The van der Waals surface area contributed by atoms with E-state index in [1.165, 1.54) is 12.1 Å². The van der Waals surface area contributed by atoms with Crippen molar-refractivity contribution in [1.82, 2.24) is 10.6 Å². The lowest BCUT2D eigenvalue weighted by Crippen LogP contribution is -2.44. The molecule has 1 aromatic carbocycles. The van der Waals surface area contributed by atoms with Crippen LogP contribution in [0.5, 0.6) is 0 Å². The average Bonchev–Trinajstić information content (AvgIpc) is 2.34. The van der Waals surface area contributed by atoms with Crippen molar-refractivity contribution in [2.24, 2.45) is 0 Å². The second-order valence-corrected chi connectivity index (χ2v) is 5.29. The van der Waals surface area contributed by atoms with E-state index in [1.807, 2.05) is 5.32 Å². The summed E-state index contributed by atoms with van der Waals surface area (Å²) in [7, 11) is 0. The summed E-state index contributed by atoms with van der Waals surface area (Å²) in [5.41, 5.74) is -0.294. The lowest BCUT2D eigenvalue weighted by molar-refractivity contribution is -0.123. The van der Waals surface area contributed by atoms with Crippen LogP contribution in [0.1, 0.15) is 24.2 Å². The summed E-state index contributed by atoms with van der Waals surface area (Å²) in [4.78, 5) is 34.2. The van der Waals surface area contributed by atoms with Gasteiger partial charge in [0.25, 0.3) is 5.91 Å². The summed E-state index contributed by atoms with van der Waals surface area (Å²) < 4.78 is 18.6. The summed E-state index contributed by atoms with van der Waals surface area (Å²) in [5.74, 6) is -2.56. The molecule has 8 heteroatoms. The van der Waals surface area contributed by atoms with Crippen LogP contribution < -0.4 is 10.6 Å². The molecule has 0 fully saturated rings. The highest BCUT2D eigenvalue weighted by Crippen LogP contribution is 2.15. The van der Waals surface area contributed by atoms with Gasteiger partial charge in [0.15, 0.2) is 6.61 Å². The minimum absolute atomic E-state index is 0.141. The first-order valence-electron chi connectivity index (χ1n) is 6.02. The van der Waals surface area contributed by atoms with Gasteiger partial charge in [-0.05, 0) is 32.0 Å². The van der Waals surface area contributed by atoms with Gasteiger partial charge in [-0.3, -0.25) is 10.1 Å². The molecule has 0 radical (unpaired) electrons. The number of carbonyl (C=O) groups is 3. The molecule has 6 nitrogen and oxygen atoms in total. The Morgan fingerprint density at radius 1 is 1.33 bits per heavy atom. The molecule has 0 aliphatic heterocycles. The number of hydrogen-bond acceptors (Lipinski definition) is 4. The Morgan fingerprint density at radius 3 is 2.57 bits per heavy atom. The molecule has 0 heterocycles. The van der Waals surface area contributed by atoms with E-state index >= 15 is 0 Å². The molecule has 0 unspecified atom stereocenters. The first-order chi connectivity index (χ1) is 9.79. The lowest BCUT2D eigenvalue weighted by Gasteiger charge is -2.09. The van der Waals surface area contributed by atoms with Gasteiger partial charge in [0.1, 0.15) is 5.82 Å². The van der Waals surface area contributed by atoms with Crippen molar-refractivity contribution >= 4 is 33.8 Å². The van der Waals surface area contributed by atoms with Crippen LogP contribution in [-0.2, 0) is 9.53 Å². The zero-order chi connectivity index (χ0) is 16.0. The fourth-order valence-corrected chi connectivity index (χ4v) is 1.66. The molecule has 0 spiro atoms. The van der Waals surface area contributed by atoms with E-state index in [0.717, 1.165) is 6.07 Å². The van der Waals surface area contributed by atoms with E-state index in [2.05, 4.69) is 26.0 Å². The monoisotopic (exact) mass is 360 g/mol. The van der Waals surface area contributed by atoms with Gasteiger partial charge >= 0.3 is 12.0 Å². The normalized spacial score (nSPS) is 10.1. The summed E-state index contributed by atoms with van der Waals surface area (Å²) in [6.45, 7) is 2.76. The number of hydrogen-bond donors (Lipinski definition) is 2. The van der Waals surface area contributed by atoms with E-state index < -0.39 is 30.3 Å². The van der Waals surface area contributed by atoms with Gasteiger partial charge in [-0.25, -0.2) is 14.0 Å². The second-order valence-electron chi connectivity index (χ2n) is 4.38. The first kappa shape index (κ1) is 17.1. The Morgan fingerprint density at radius 2 is 2.00 bits per heavy atom. The molecule has 114 valence electrons. The van der Waals surface area contributed by atoms with Gasteiger partial charge in [0.2, 0.25) is 0 Å². The van der Waals surface area contributed by atoms with Crippen molar-refractivity contribution in [1.29, 1.82) is 0 Å². The number of ether oxygens (including phenoxy) is 1. The predicted octanol–water partition coefficient (Wildman–Crippen LogP) is 1.98. The standard InChI is InChI=1S/C13H14BrFN2O4/c1-7(2)16-13(20)17-11(18)6-21-12(19)9-4-3-8(14)5-10(9)15/h3-5,7H,6H2,1-2H3,(H2,16,17,18,20). The summed E-state index contributed by atoms with van der Waals surface area (Å²) >= 11 is 3.05. The SMILES string of the molecule is CC(C)NC(=O)NC(=O)COC(=O)c1ccc(Br)cc1F. The highest BCUT2D eigenvalue weighted by molar-refractivity contribution is 9.10. The molecule has 0 aliphatic rings. The third-order valence-electron chi connectivity index (χ3n) is 2.16. The van der Waals surface area contributed by atoms with Crippen molar-refractivity contribution in [3.63, 3.8) is 0 Å². The van der Waals surface area contributed by atoms with Gasteiger partial charge < -0.3 is 10.1 Å². The molecule has 0 bridgehead atoms. The fraction of sp³-hybridized carbons (Fsp3) is 0.308. The minimum Gasteiger partial charge on any atom is -0.452 e. The number of benzene rings is 1. The first-order valence-corrected chi connectivity index (χ1v) is 6.81. The van der Waals surface area contributed by atoms with E-state index in [0.29, 0.717) is 4.47 Å². The molecule has 0 aromatic heterocycles. The predicted molar refractivity (Wildman–Crippen MR) is 76.2 cm³/mol. The molecule has 1 rings (SSSR count). The number of rotatable bonds is 4. The van der Waals surface area contributed by atoms with Gasteiger partial charge in [0, 0.05) is 10.5 Å². The van der Waals surface area contributed by atoms with Gasteiger partial charge in [-0.1, -0.05) is 15.9 Å². The lowest BCUT2D eigenvalue weighted by atomic mass is 10.2. The molecule has 3 amide bonds. The largest absolute Gasteiger partial charge is 0.452 e. The van der Waals surface area contributed by atoms with E-state index in [-0.39, 0.29) is 11.6 Å². The molecule has 0 saturated carbocycles. The van der Waals surface area contributed by atoms with Crippen LogP contribution in [-0.4, -0.2) is 30.6 Å². The second kappa shape index (κ2) is 7.72. The van der Waals surface area contributed by atoms with E-state index in [9.17, 15) is 18.8 Å². The quantitative estimate of drug-likeness (QED) is 0.804. The maximum absolute atomic E-state index is 13.5. The summed E-state index contributed by atoms with van der Waals surface area (Å²) in [6, 6.07) is 2.96.